The number of hydrogen-bond donors (Lipinski definition) is 1. The second-order valence-electron chi connectivity index (χ2n) is 4.42. The maximum absolute atomic E-state index is 11.8. The molecule has 2 rings (SSSR count). The van der Waals surface area contributed by atoms with Crippen molar-refractivity contribution in [1.29, 1.82) is 0 Å². The van der Waals surface area contributed by atoms with Crippen molar-refractivity contribution in [2.75, 3.05) is 0 Å². The molecule has 2 aromatic rings. The van der Waals surface area contributed by atoms with Crippen molar-refractivity contribution in [2.45, 2.75) is 11.8 Å². The molecule has 0 fully saturated rings. The highest BCUT2D eigenvalue weighted by Gasteiger charge is 2.35. The Morgan fingerprint density at radius 2 is 1.20 bits per heavy atom. The van der Waals surface area contributed by atoms with Crippen LogP contribution in [0.15, 0.2) is 60.7 Å². The molecule has 0 heterocycles. The SMILES string of the molecule is O=C(O)C(c1ccccc1)C(C(=O)Cl)c1ccccc1. The van der Waals surface area contributed by atoms with E-state index in [1.807, 2.05) is 0 Å². The minimum Gasteiger partial charge on any atom is -0.481 e. The lowest BCUT2D eigenvalue weighted by Crippen LogP contribution is -2.24. The van der Waals surface area contributed by atoms with E-state index in [4.69, 9.17) is 11.6 Å². The minimum absolute atomic E-state index is 0.558. The monoisotopic (exact) mass is 288 g/mol. The molecule has 0 aromatic heterocycles. The molecule has 0 aliphatic rings. The Hall–Kier alpha value is -2.13. The molecule has 0 aliphatic carbocycles. The van der Waals surface area contributed by atoms with Crippen LogP contribution in [-0.4, -0.2) is 16.3 Å². The molecule has 0 saturated heterocycles. The summed E-state index contributed by atoms with van der Waals surface area (Å²) in [4.78, 5) is 23.4. The van der Waals surface area contributed by atoms with Gasteiger partial charge < -0.3 is 5.11 Å². The van der Waals surface area contributed by atoms with E-state index in [1.54, 1.807) is 60.7 Å². The second kappa shape index (κ2) is 6.35. The van der Waals surface area contributed by atoms with Crippen LogP contribution in [0.4, 0.5) is 0 Å². The van der Waals surface area contributed by atoms with Gasteiger partial charge in [0.1, 0.15) is 0 Å². The van der Waals surface area contributed by atoms with Gasteiger partial charge in [0.05, 0.1) is 11.8 Å². The van der Waals surface area contributed by atoms with Gasteiger partial charge in [0, 0.05) is 0 Å². The van der Waals surface area contributed by atoms with Crippen molar-refractivity contribution >= 4 is 22.8 Å². The summed E-state index contributed by atoms with van der Waals surface area (Å²) >= 11 is 5.66. The van der Waals surface area contributed by atoms with Crippen molar-refractivity contribution in [3.05, 3.63) is 71.8 Å². The minimum atomic E-state index is -1.07. The molecule has 0 radical (unpaired) electrons. The normalized spacial score (nSPS) is 13.4. The number of carboxylic acid groups (broad SMARTS) is 1. The quantitative estimate of drug-likeness (QED) is 0.858. The summed E-state index contributed by atoms with van der Waals surface area (Å²) < 4.78 is 0. The van der Waals surface area contributed by atoms with Gasteiger partial charge in [0.15, 0.2) is 0 Å². The average Bonchev–Trinajstić information content (AvgIpc) is 2.45. The van der Waals surface area contributed by atoms with Crippen LogP contribution in [0.25, 0.3) is 0 Å². The number of hydrogen-bond acceptors (Lipinski definition) is 2. The van der Waals surface area contributed by atoms with Gasteiger partial charge in [-0.05, 0) is 22.7 Å². The number of rotatable bonds is 5. The lowest BCUT2D eigenvalue weighted by molar-refractivity contribution is -0.140. The fraction of sp³-hybridized carbons (Fsp3) is 0.125. The van der Waals surface area contributed by atoms with E-state index in [0.717, 1.165) is 0 Å². The van der Waals surface area contributed by atoms with E-state index in [-0.39, 0.29) is 0 Å². The van der Waals surface area contributed by atoms with Gasteiger partial charge in [-0.25, -0.2) is 0 Å². The summed E-state index contributed by atoms with van der Waals surface area (Å²) in [5.74, 6) is -2.97. The van der Waals surface area contributed by atoms with Crippen LogP contribution in [0.2, 0.25) is 0 Å². The van der Waals surface area contributed by atoms with E-state index >= 15 is 0 Å². The summed E-state index contributed by atoms with van der Waals surface area (Å²) in [6.45, 7) is 0. The summed E-state index contributed by atoms with van der Waals surface area (Å²) in [5.41, 5.74) is 1.16. The lowest BCUT2D eigenvalue weighted by Gasteiger charge is -2.21. The standard InChI is InChI=1S/C16H13ClO3/c17-15(18)13(11-7-3-1-4-8-11)14(16(19)20)12-9-5-2-6-10-12/h1-10,13-14H,(H,19,20). The number of carboxylic acids is 1. The van der Waals surface area contributed by atoms with Crippen LogP contribution < -0.4 is 0 Å². The molecule has 2 aromatic carbocycles. The Kier molecular flexibility index (Phi) is 4.53. The highest BCUT2D eigenvalue weighted by atomic mass is 35.5. The molecule has 2 atom stereocenters. The third kappa shape index (κ3) is 3.06. The molecule has 0 aliphatic heterocycles. The Bertz CT molecular complexity index is 540. The van der Waals surface area contributed by atoms with Crippen molar-refractivity contribution in [1.82, 2.24) is 0 Å². The van der Waals surface area contributed by atoms with Gasteiger partial charge in [0.2, 0.25) is 5.24 Å². The Morgan fingerprint density at radius 1 is 0.800 bits per heavy atom. The number of carbonyl (C=O) groups excluding carboxylic acids is 1. The van der Waals surface area contributed by atoms with Crippen molar-refractivity contribution < 1.29 is 14.7 Å². The Morgan fingerprint density at radius 3 is 1.55 bits per heavy atom. The fourth-order valence-corrected chi connectivity index (χ4v) is 2.50. The fourth-order valence-electron chi connectivity index (χ4n) is 2.25. The molecule has 4 heteroatoms. The van der Waals surface area contributed by atoms with E-state index in [9.17, 15) is 14.7 Å². The molecular formula is C16H13ClO3. The first-order valence-corrected chi connectivity index (χ1v) is 6.51. The number of halogens is 1. The molecule has 0 bridgehead atoms. The van der Waals surface area contributed by atoms with Gasteiger partial charge in [0.25, 0.3) is 0 Å². The van der Waals surface area contributed by atoms with E-state index in [0.29, 0.717) is 11.1 Å². The van der Waals surface area contributed by atoms with Gasteiger partial charge in [-0.1, -0.05) is 60.7 Å². The predicted molar refractivity (Wildman–Crippen MR) is 76.9 cm³/mol. The highest BCUT2D eigenvalue weighted by Crippen LogP contribution is 2.35. The van der Waals surface area contributed by atoms with E-state index in [2.05, 4.69) is 0 Å². The Balaban J connectivity index is 2.50. The van der Waals surface area contributed by atoms with Gasteiger partial charge >= 0.3 is 5.97 Å². The smallest absolute Gasteiger partial charge is 0.312 e. The Labute approximate surface area is 121 Å². The van der Waals surface area contributed by atoms with Crippen LogP contribution in [0.5, 0.6) is 0 Å². The van der Waals surface area contributed by atoms with E-state index in [1.165, 1.54) is 0 Å². The van der Waals surface area contributed by atoms with Crippen molar-refractivity contribution in [3.63, 3.8) is 0 Å². The zero-order valence-corrected chi connectivity index (χ0v) is 11.3. The first-order chi connectivity index (χ1) is 9.61. The summed E-state index contributed by atoms with van der Waals surface area (Å²) in [7, 11) is 0. The van der Waals surface area contributed by atoms with Crippen LogP contribution in [0.1, 0.15) is 23.0 Å². The zero-order valence-electron chi connectivity index (χ0n) is 10.6. The molecule has 102 valence electrons. The maximum atomic E-state index is 11.8. The number of aliphatic carboxylic acids is 1. The van der Waals surface area contributed by atoms with Crippen LogP contribution in [0, 0.1) is 0 Å². The molecule has 1 N–H and O–H groups in total. The topological polar surface area (TPSA) is 54.4 Å². The van der Waals surface area contributed by atoms with Gasteiger partial charge in [-0.3, -0.25) is 9.59 Å². The van der Waals surface area contributed by atoms with Crippen LogP contribution in [0.3, 0.4) is 0 Å². The lowest BCUT2D eigenvalue weighted by atomic mass is 9.82. The predicted octanol–water partition coefficient (Wildman–Crippen LogP) is 3.40. The molecule has 0 spiro atoms. The summed E-state index contributed by atoms with van der Waals surface area (Å²) in [6.07, 6.45) is 0. The summed E-state index contributed by atoms with van der Waals surface area (Å²) in [6, 6.07) is 17.4. The molecule has 0 saturated carbocycles. The molecular weight excluding hydrogens is 276 g/mol. The van der Waals surface area contributed by atoms with Crippen molar-refractivity contribution in [3.8, 4) is 0 Å². The van der Waals surface area contributed by atoms with Crippen LogP contribution >= 0.6 is 11.6 Å². The van der Waals surface area contributed by atoms with E-state index < -0.39 is 23.0 Å². The molecule has 0 amide bonds. The molecule has 2 unspecified atom stereocenters. The molecule has 3 nitrogen and oxygen atoms in total. The first kappa shape index (κ1) is 14.3. The summed E-state index contributed by atoms with van der Waals surface area (Å²) in [5, 5.41) is 8.82. The largest absolute Gasteiger partial charge is 0.481 e. The number of benzene rings is 2. The average molecular weight is 289 g/mol. The van der Waals surface area contributed by atoms with Crippen molar-refractivity contribution in [2.24, 2.45) is 0 Å². The van der Waals surface area contributed by atoms with Gasteiger partial charge in [-0.2, -0.15) is 0 Å². The van der Waals surface area contributed by atoms with Gasteiger partial charge in [-0.15, -0.1) is 0 Å². The maximum Gasteiger partial charge on any atom is 0.312 e. The third-order valence-corrected chi connectivity index (χ3v) is 3.40. The number of carbonyl (C=O) groups is 2. The van der Waals surface area contributed by atoms with Crippen LogP contribution in [-0.2, 0) is 9.59 Å². The third-order valence-electron chi connectivity index (χ3n) is 3.16. The highest BCUT2D eigenvalue weighted by molar-refractivity contribution is 6.65. The molecule has 20 heavy (non-hydrogen) atoms. The zero-order chi connectivity index (χ0) is 14.5. The first-order valence-electron chi connectivity index (χ1n) is 6.13. The second-order valence-corrected chi connectivity index (χ2v) is 4.79.